The van der Waals surface area contributed by atoms with E-state index in [1.165, 1.54) is 12.5 Å². The minimum atomic E-state index is -1.04. The first-order valence-corrected chi connectivity index (χ1v) is 6.11. The lowest BCUT2D eigenvalue weighted by Crippen LogP contribution is -2.21. The van der Waals surface area contributed by atoms with Gasteiger partial charge in [-0.15, -0.1) is 11.3 Å². The molecule has 0 radical (unpaired) electrons. The number of aromatic nitrogens is 3. The van der Waals surface area contributed by atoms with Crippen molar-refractivity contribution in [1.82, 2.24) is 15.0 Å². The highest BCUT2D eigenvalue weighted by atomic mass is 32.1. The van der Waals surface area contributed by atoms with Gasteiger partial charge in [-0.25, -0.2) is 19.7 Å². The molecule has 0 atom stereocenters. The number of aromatic carboxylic acids is 1. The molecular weight excluding hydrogens is 252 g/mol. The van der Waals surface area contributed by atoms with Crippen LogP contribution in [0.4, 0.5) is 5.82 Å². The molecule has 0 bridgehead atoms. The highest BCUT2D eigenvalue weighted by Gasteiger charge is 2.15. The Morgan fingerprint density at radius 2 is 2.33 bits per heavy atom. The predicted molar refractivity (Wildman–Crippen MR) is 67.9 cm³/mol. The van der Waals surface area contributed by atoms with Crippen LogP contribution >= 0.6 is 11.3 Å². The third-order valence-electron chi connectivity index (χ3n) is 2.35. The van der Waals surface area contributed by atoms with Crippen molar-refractivity contribution >= 4 is 23.1 Å². The molecule has 2 heterocycles. The number of carboxylic acid groups (broad SMARTS) is 1. The van der Waals surface area contributed by atoms with Gasteiger partial charge in [-0.1, -0.05) is 0 Å². The number of thiazole rings is 1. The van der Waals surface area contributed by atoms with Crippen LogP contribution in [0, 0.1) is 6.92 Å². The quantitative estimate of drug-likeness (QED) is 0.903. The highest BCUT2D eigenvalue weighted by Crippen LogP contribution is 2.18. The molecule has 0 unspecified atom stereocenters. The second kappa shape index (κ2) is 5.09. The lowest BCUT2D eigenvalue weighted by Gasteiger charge is -2.18. The van der Waals surface area contributed by atoms with E-state index in [-0.39, 0.29) is 5.56 Å². The van der Waals surface area contributed by atoms with E-state index in [1.54, 1.807) is 23.3 Å². The standard InChI is InChI=1S/C11H12N4O2S/c1-7-14-8(5-18-7)4-15(2)10-9(11(16)17)3-12-6-13-10/h3,5-6H,4H2,1-2H3,(H,16,17). The molecule has 18 heavy (non-hydrogen) atoms. The van der Waals surface area contributed by atoms with Crippen LogP contribution in [0.3, 0.4) is 0 Å². The Labute approximate surface area is 108 Å². The van der Waals surface area contributed by atoms with Crippen LogP contribution in [-0.2, 0) is 6.54 Å². The van der Waals surface area contributed by atoms with Crippen molar-refractivity contribution in [2.24, 2.45) is 0 Å². The van der Waals surface area contributed by atoms with Gasteiger partial charge in [0.1, 0.15) is 17.7 Å². The average Bonchev–Trinajstić information content (AvgIpc) is 2.74. The van der Waals surface area contributed by atoms with E-state index in [0.717, 1.165) is 10.7 Å². The highest BCUT2D eigenvalue weighted by molar-refractivity contribution is 7.09. The van der Waals surface area contributed by atoms with Gasteiger partial charge < -0.3 is 10.0 Å². The number of aryl methyl sites for hydroxylation is 1. The molecule has 0 saturated carbocycles. The third kappa shape index (κ3) is 2.62. The fraction of sp³-hybridized carbons (Fsp3) is 0.273. The number of nitrogens with zero attached hydrogens (tertiary/aromatic N) is 4. The van der Waals surface area contributed by atoms with Crippen LogP contribution in [0.2, 0.25) is 0 Å². The first kappa shape index (κ1) is 12.4. The molecule has 94 valence electrons. The van der Waals surface area contributed by atoms with Crippen molar-refractivity contribution in [3.8, 4) is 0 Å². The van der Waals surface area contributed by atoms with Crippen molar-refractivity contribution in [3.05, 3.63) is 34.2 Å². The summed E-state index contributed by atoms with van der Waals surface area (Å²) in [6.07, 6.45) is 2.64. The number of hydrogen-bond donors (Lipinski definition) is 1. The Bertz CT molecular complexity index is 570. The zero-order chi connectivity index (χ0) is 13.1. The summed E-state index contributed by atoms with van der Waals surface area (Å²) >= 11 is 1.57. The zero-order valence-corrected chi connectivity index (χ0v) is 10.8. The minimum Gasteiger partial charge on any atom is -0.477 e. The Morgan fingerprint density at radius 1 is 1.56 bits per heavy atom. The molecule has 0 aromatic carbocycles. The van der Waals surface area contributed by atoms with E-state index in [4.69, 9.17) is 5.11 Å². The lowest BCUT2D eigenvalue weighted by atomic mass is 10.3. The molecular formula is C11H12N4O2S. The van der Waals surface area contributed by atoms with E-state index in [9.17, 15) is 4.79 Å². The van der Waals surface area contributed by atoms with Crippen molar-refractivity contribution in [1.29, 1.82) is 0 Å². The van der Waals surface area contributed by atoms with Gasteiger partial charge >= 0.3 is 5.97 Å². The first-order valence-electron chi connectivity index (χ1n) is 5.23. The van der Waals surface area contributed by atoms with Crippen LogP contribution in [0.5, 0.6) is 0 Å². The monoisotopic (exact) mass is 264 g/mol. The second-order valence-corrected chi connectivity index (χ2v) is 4.84. The summed E-state index contributed by atoms with van der Waals surface area (Å²) < 4.78 is 0. The van der Waals surface area contributed by atoms with E-state index < -0.39 is 5.97 Å². The largest absolute Gasteiger partial charge is 0.477 e. The molecule has 2 aromatic heterocycles. The molecule has 0 saturated heterocycles. The summed E-state index contributed by atoms with van der Waals surface area (Å²) in [7, 11) is 1.78. The maximum absolute atomic E-state index is 11.1. The van der Waals surface area contributed by atoms with Gasteiger partial charge in [0.15, 0.2) is 0 Å². The zero-order valence-electron chi connectivity index (χ0n) is 9.99. The Morgan fingerprint density at radius 3 is 2.94 bits per heavy atom. The number of hydrogen-bond acceptors (Lipinski definition) is 6. The summed E-state index contributed by atoms with van der Waals surface area (Å²) in [6, 6.07) is 0. The van der Waals surface area contributed by atoms with Gasteiger partial charge in [-0.05, 0) is 6.92 Å². The summed E-state index contributed by atoms with van der Waals surface area (Å²) in [4.78, 5) is 24.9. The number of rotatable bonds is 4. The van der Waals surface area contributed by atoms with Gasteiger partial charge in [0.05, 0.1) is 17.2 Å². The van der Waals surface area contributed by atoms with Gasteiger partial charge in [-0.2, -0.15) is 0 Å². The topological polar surface area (TPSA) is 79.2 Å². The molecule has 7 heteroatoms. The third-order valence-corrected chi connectivity index (χ3v) is 3.17. The number of carbonyl (C=O) groups is 1. The Hall–Kier alpha value is -2.02. The number of anilines is 1. The second-order valence-electron chi connectivity index (χ2n) is 3.78. The molecule has 2 aromatic rings. The van der Waals surface area contributed by atoms with E-state index in [2.05, 4.69) is 15.0 Å². The summed E-state index contributed by atoms with van der Waals surface area (Å²) in [5.74, 6) is -0.643. The molecule has 6 nitrogen and oxygen atoms in total. The minimum absolute atomic E-state index is 0.0898. The van der Waals surface area contributed by atoms with E-state index in [0.29, 0.717) is 12.4 Å². The van der Waals surface area contributed by atoms with Gasteiger partial charge in [0.25, 0.3) is 0 Å². The number of carboxylic acids is 1. The Balaban J connectivity index is 2.23. The van der Waals surface area contributed by atoms with Crippen LogP contribution in [0.15, 0.2) is 17.9 Å². The molecule has 0 aliphatic heterocycles. The molecule has 1 N–H and O–H groups in total. The summed E-state index contributed by atoms with van der Waals surface area (Å²) in [5.41, 5.74) is 0.988. The van der Waals surface area contributed by atoms with Crippen LogP contribution in [-0.4, -0.2) is 33.1 Å². The summed E-state index contributed by atoms with van der Waals surface area (Å²) in [6.45, 7) is 2.45. The summed E-state index contributed by atoms with van der Waals surface area (Å²) in [5, 5.41) is 12.0. The van der Waals surface area contributed by atoms with Crippen molar-refractivity contribution in [2.45, 2.75) is 13.5 Å². The molecule has 0 fully saturated rings. The van der Waals surface area contributed by atoms with Gasteiger partial charge in [0, 0.05) is 18.6 Å². The maximum Gasteiger partial charge on any atom is 0.341 e. The van der Waals surface area contributed by atoms with Crippen molar-refractivity contribution in [2.75, 3.05) is 11.9 Å². The normalized spacial score (nSPS) is 10.3. The molecule has 0 aliphatic carbocycles. The average molecular weight is 264 g/mol. The molecule has 0 amide bonds. The van der Waals surface area contributed by atoms with Gasteiger partial charge in [-0.3, -0.25) is 0 Å². The lowest BCUT2D eigenvalue weighted by molar-refractivity contribution is 0.0696. The van der Waals surface area contributed by atoms with Crippen molar-refractivity contribution in [3.63, 3.8) is 0 Å². The predicted octanol–water partition coefficient (Wildman–Crippen LogP) is 1.58. The smallest absolute Gasteiger partial charge is 0.341 e. The van der Waals surface area contributed by atoms with E-state index >= 15 is 0 Å². The van der Waals surface area contributed by atoms with Gasteiger partial charge in [0.2, 0.25) is 0 Å². The Kier molecular flexibility index (Phi) is 3.52. The molecule has 2 rings (SSSR count). The maximum atomic E-state index is 11.1. The van der Waals surface area contributed by atoms with E-state index in [1.807, 2.05) is 12.3 Å². The van der Waals surface area contributed by atoms with Crippen molar-refractivity contribution < 1.29 is 9.90 Å². The van der Waals surface area contributed by atoms with Crippen LogP contribution in [0.25, 0.3) is 0 Å². The molecule has 0 aliphatic rings. The fourth-order valence-corrected chi connectivity index (χ4v) is 2.18. The van der Waals surface area contributed by atoms with Crippen LogP contribution in [0.1, 0.15) is 21.1 Å². The molecule has 0 spiro atoms. The fourth-order valence-electron chi connectivity index (χ4n) is 1.58. The SMILES string of the molecule is Cc1nc(CN(C)c2ncncc2C(=O)O)cs1. The first-order chi connectivity index (χ1) is 8.58. The van der Waals surface area contributed by atoms with Crippen LogP contribution < -0.4 is 4.90 Å².